The average Bonchev–Trinajstić information content (AvgIpc) is 2.43. The minimum Gasteiger partial charge on any atom is -0.389 e. The van der Waals surface area contributed by atoms with E-state index in [2.05, 4.69) is 4.72 Å². The Kier molecular flexibility index (Phi) is 4.29. The molecule has 2 aromatic carbocycles. The zero-order valence-corrected chi connectivity index (χ0v) is 12.5. The molecule has 0 heterocycles. The first kappa shape index (κ1) is 15.5. The molecule has 1 unspecified atom stereocenters. The zero-order chi connectivity index (χ0) is 15.6. The normalized spacial score (nSPS) is 13.0. The lowest BCUT2D eigenvalue weighted by molar-refractivity contribution is 0.199. The van der Waals surface area contributed by atoms with E-state index in [9.17, 15) is 17.9 Å². The van der Waals surface area contributed by atoms with Crippen molar-refractivity contribution in [1.29, 1.82) is 0 Å². The van der Waals surface area contributed by atoms with Gasteiger partial charge in [-0.2, -0.15) is 0 Å². The molecule has 0 fully saturated rings. The summed E-state index contributed by atoms with van der Waals surface area (Å²) < 4.78 is 40.2. The van der Waals surface area contributed by atoms with E-state index < -0.39 is 21.9 Å². The molecule has 2 aromatic rings. The van der Waals surface area contributed by atoms with Crippen molar-refractivity contribution in [2.75, 3.05) is 4.72 Å². The van der Waals surface area contributed by atoms with Crippen LogP contribution in [-0.2, 0) is 10.0 Å². The van der Waals surface area contributed by atoms with Crippen molar-refractivity contribution in [3.63, 3.8) is 0 Å². The number of aryl methyl sites for hydroxylation is 1. The molecule has 0 saturated heterocycles. The highest BCUT2D eigenvalue weighted by atomic mass is 32.2. The lowest BCUT2D eigenvalue weighted by Crippen LogP contribution is -2.14. The Labute approximate surface area is 123 Å². The summed E-state index contributed by atoms with van der Waals surface area (Å²) in [4.78, 5) is 0.0181. The maximum Gasteiger partial charge on any atom is 0.261 e. The highest BCUT2D eigenvalue weighted by Gasteiger charge is 2.17. The molecule has 0 aromatic heterocycles. The number of aliphatic hydroxyl groups excluding tert-OH is 1. The Morgan fingerprint density at radius 2 is 1.90 bits per heavy atom. The third-order valence-electron chi connectivity index (χ3n) is 3.09. The van der Waals surface area contributed by atoms with Gasteiger partial charge in [-0.1, -0.05) is 18.2 Å². The summed E-state index contributed by atoms with van der Waals surface area (Å²) >= 11 is 0. The third-order valence-corrected chi connectivity index (χ3v) is 4.46. The van der Waals surface area contributed by atoms with Crippen LogP contribution in [0.5, 0.6) is 0 Å². The van der Waals surface area contributed by atoms with Crippen molar-refractivity contribution in [3.05, 3.63) is 59.4 Å². The van der Waals surface area contributed by atoms with E-state index in [-0.39, 0.29) is 10.6 Å². The molecule has 21 heavy (non-hydrogen) atoms. The van der Waals surface area contributed by atoms with E-state index in [1.165, 1.54) is 24.3 Å². The fraction of sp³-hybridized carbons (Fsp3) is 0.200. The highest BCUT2D eigenvalue weighted by molar-refractivity contribution is 7.92. The van der Waals surface area contributed by atoms with Gasteiger partial charge < -0.3 is 5.11 Å². The van der Waals surface area contributed by atoms with Crippen LogP contribution in [-0.4, -0.2) is 13.5 Å². The standard InChI is InChI=1S/C15H16FNO3S/c1-10-6-7-13(16)9-15(10)17-21(19,20)14-5-3-4-12(8-14)11(2)18/h3-9,11,17-18H,1-2H3. The van der Waals surface area contributed by atoms with Gasteiger partial charge in [0.1, 0.15) is 5.82 Å². The number of rotatable bonds is 4. The average molecular weight is 309 g/mol. The minimum absolute atomic E-state index is 0.0181. The Morgan fingerprint density at radius 1 is 1.19 bits per heavy atom. The van der Waals surface area contributed by atoms with Gasteiger partial charge in [0, 0.05) is 0 Å². The van der Waals surface area contributed by atoms with Crippen molar-refractivity contribution in [1.82, 2.24) is 0 Å². The second-order valence-corrected chi connectivity index (χ2v) is 6.50. The molecule has 112 valence electrons. The van der Waals surface area contributed by atoms with Gasteiger partial charge in [0.15, 0.2) is 0 Å². The van der Waals surface area contributed by atoms with Crippen molar-refractivity contribution < 1.29 is 17.9 Å². The first-order chi connectivity index (χ1) is 9.79. The van der Waals surface area contributed by atoms with Gasteiger partial charge >= 0.3 is 0 Å². The summed E-state index contributed by atoms with van der Waals surface area (Å²) in [7, 11) is -3.84. The number of aliphatic hydroxyl groups is 1. The molecule has 2 rings (SSSR count). The van der Waals surface area contributed by atoms with Gasteiger partial charge in [-0.15, -0.1) is 0 Å². The molecule has 0 amide bonds. The monoisotopic (exact) mass is 309 g/mol. The van der Waals surface area contributed by atoms with E-state index in [0.29, 0.717) is 11.1 Å². The summed E-state index contributed by atoms with van der Waals surface area (Å²) in [5.41, 5.74) is 1.30. The summed E-state index contributed by atoms with van der Waals surface area (Å²) in [6.07, 6.45) is -0.768. The molecule has 0 bridgehead atoms. The van der Waals surface area contributed by atoms with Crippen LogP contribution >= 0.6 is 0 Å². The molecule has 0 spiro atoms. The number of hydrogen-bond donors (Lipinski definition) is 2. The topological polar surface area (TPSA) is 66.4 Å². The molecule has 0 aliphatic heterocycles. The van der Waals surface area contributed by atoms with Gasteiger partial charge in [-0.05, 0) is 49.2 Å². The quantitative estimate of drug-likeness (QED) is 0.912. The molecule has 2 N–H and O–H groups in total. The second-order valence-electron chi connectivity index (χ2n) is 4.81. The first-order valence-electron chi connectivity index (χ1n) is 6.36. The number of anilines is 1. The third kappa shape index (κ3) is 3.59. The van der Waals surface area contributed by atoms with Crippen LogP contribution in [0.3, 0.4) is 0 Å². The fourth-order valence-electron chi connectivity index (χ4n) is 1.85. The van der Waals surface area contributed by atoms with E-state index in [1.54, 1.807) is 26.0 Å². The highest BCUT2D eigenvalue weighted by Crippen LogP contribution is 2.22. The number of nitrogens with one attached hydrogen (secondary N) is 1. The number of benzene rings is 2. The van der Waals surface area contributed by atoms with Crippen LogP contribution in [0.1, 0.15) is 24.2 Å². The van der Waals surface area contributed by atoms with Crippen LogP contribution in [0.4, 0.5) is 10.1 Å². The van der Waals surface area contributed by atoms with Gasteiger partial charge in [-0.3, -0.25) is 4.72 Å². The van der Waals surface area contributed by atoms with Gasteiger partial charge in [0.2, 0.25) is 0 Å². The molecule has 0 aliphatic carbocycles. The van der Waals surface area contributed by atoms with Crippen LogP contribution in [0.2, 0.25) is 0 Å². The maximum atomic E-state index is 13.2. The lowest BCUT2D eigenvalue weighted by Gasteiger charge is -2.12. The SMILES string of the molecule is Cc1ccc(F)cc1NS(=O)(=O)c1cccc(C(C)O)c1. The van der Waals surface area contributed by atoms with Crippen LogP contribution in [0.15, 0.2) is 47.4 Å². The number of sulfonamides is 1. The Hall–Kier alpha value is -1.92. The van der Waals surface area contributed by atoms with Crippen LogP contribution in [0.25, 0.3) is 0 Å². The Morgan fingerprint density at radius 3 is 2.57 bits per heavy atom. The second kappa shape index (κ2) is 5.83. The summed E-state index contributed by atoms with van der Waals surface area (Å²) in [5, 5.41) is 9.52. The smallest absolute Gasteiger partial charge is 0.261 e. The number of hydrogen-bond acceptors (Lipinski definition) is 3. The molecule has 6 heteroatoms. The molecular formula is C15H16FNO3S. The van der Waals surface area contributed by atoms with E-state index in [1.807, 2.05) is 0 Å². The predicted octanol–water partition coefficient (Wildman–Crippen LogP) is 2.99. The summed E-state index contributed by atoms with van der Waals surface area (Å²) in [5.74, 6) is -0.518. The summed E-state index contributed by atoms with van der Waals surface area (Å²) in [6, 6.07) is 9.89. The largest absolute Gasteiger partial charge is 0.389 e. The van der Waals surface area contributed by atoms with Gasteiger partial charge in [0.25, 0.3) is 10.0 Å². The van der Waals surface area contributed by atoms with Crippen molar-refractivity contribution in [2.24, 2.45) is 0 Å². The van der Waals surface area contributed by atoms with Crippen LogP contribution in [0, 0.1) is 12.7 Å². The van der Waals surface area contributed by atoms with E-state index >= 15 is 0 Å². The molecule has 1 atom stereocenters. The zero-order valence-electron chi connectivity index (χ0n) is 11.7. The first-order valence-corrected chi connectivity index (χ1v) is 7.85. The van der Waals surface area contributed by atoms with Gasteiger partial charge in [0.05, 0.1) is 16.7 Å². The fourth-order valence-corrected chi connectivity index (χ4v) is 3.03. The summed E-state index contributed by atoms with van der Waals surface area (Å²) in [6.45, 7) is 3.24. The Balaban J connectivity index is 2.38. The molecule has 0 saturated carbocycles. The van der Waals surface area contributed by atoms with Crippen molar-refractivity contribution in [2.45, 2.75) is 24.8 Å². The van der Waals surface area contributed by atoms with E-state index in [0.717, 1.165) is 6.07 Å². The lowest BCUT2D eigenvalue weighted by atomic mass is 10.1. The molecule has 0 radical (unpaired) electrons. The Bertz CT molecular complexity index is 757. The molecular weight excluding hydrogens is 293 g/mol. The van der Waals surface area contributed by atoms with Crippen molar-refractivity contribution >= 4 is 15.7 Å². The predicted molar refractivity (Wildman–Crippen MR) is 79.0 cm³/mol. The van der Waals surface area contributed by atoms with Gasteiger partial charge in [-0.25, -0.2) is 12.8 Å². The van der Waals surface area contributed by atoms with E-state index in [4.69, 9.17) is 0 Å². The molecule has 4 nitrogen and oxygen atoms in total. The maximum absolute atomic E-state index is 13.2. The number of halogens is 1. The van der Waals surface area contributed by atoms with Crippen LogP contribution < -0.4 is 4.72 Å². The minimum atomic E-state index is -3.84. The molecule has 0 aliphatic rings. The van der Waals surface area contributed by atoms with Crippen molar-refractivity contribution in [3.8, 4) is 0 Å².